The number of allylic oxidation sites excluding steroid dienone is 4. The van der Waals surface area contributed by atoms with E-state index in [1.165, 1.54) is 5.57 Å². The summed E-state index contributed by atoms with van der Waals surface area (Å²) >= 11 is 0. The van der Waals surface area contributed by atoms with Crippen LogP contribution in [0.25, 0.3) is 0 Å². The van der Waals surface area contributed by atoms with Gasteiger partial charge in [0.2, 0.25) is 0 Å². The first-order valence-electron chi connectivity index (χ1n) is 14.7. The van der Waals surface area contributed by atoms with Crippen molar-refractivity contribution < 1.29 is 19.2 Å². The quantitative estimate of drug-likeness (QED) is 0.208. The number of hydrogen-bond donors (Lipinski definition) is 0. The average Bonchev–Trinajstić information content (AvgIpc) is 3.06. The van der Waals surface area contributed by atoms with E-state index in [4.69, 9.17) is 0 Å². The van der Waals surface area contributed by atoms with E-state index in [1.54, 1.807) is 24.3 Å². The maximum atomic E-state index is 15.1. The second-order valence-corrected chi connectivity index (χ2v) is 14.5. The largest absolute Gasteiger partial charge is 0.297 e. The lowest BCUT2D eigenvalue weighted by Gasteiger charge is -2.60. The van der Waals surface area contributed by atoms with E-state index >= 15 is 4.79 Å². The Morgan fingerprint density at radius 1 is 0.897 bits per heavy atom. The normalized spacial score (nSPS) is 36.1. The minimum Gasteiger partial charge on any atom is -0.297 e. The van der Waals surface area contributed by atoms with Gasteiger partial charge >= 0.3 is 0 Å². The van der Waals surface area contributed by atoms with Gasteiger partial charge in [0, 0.05) is 5.56 Å². The van der Waals surface area contributed by atoms with Gasteiger partial charge in [0.1, 0.15) is 0 Å². The lowest BCUT2D eigenvalue weighted by Crippen LogP contribution is -2.75. The van der Waals surface area contributed by atoms with E-state index in [1.807, 2.05) is 19.9 Å². The zero-order valence-corrected chi connectivity index (χ0v) is 24.8. The Hall–Kier alpha value is -2.62. The highest BCUT2D eigenvalue weighted by Crippen LogP contribution is 2.75. The van der Waals surface area contributed by atoms with Crippen LogP contribution in [0, 0.1) is 38.9 Å². The standard InChI is InChI=1S/C35H44O4/c1-22(2)12-11-13-23(3)16-17-33-21-25-20-26-31(4,5)18-19-34(26,28(33)37)30(39)35(29(33)38,32(25,6)7)27(36)24-14-9-8-10-15-24/h8-10,12,14-16,25-26H,11,13,17-21H2,1-7H3/b23-16+/t25-,26-,33-,34+,35-/m1/s1. The molecule has 1 spiro atoms. The van der Waals surface area contributed by atoms with Gasteiger partial charge < -0.3 is 0 Å². The molecule has 1 aromatic rings. The molecule has 1 aromatic carbocycles. The van der Waals surface area contributed by atoms with Gasteiger partial charge in [-0.25, -0.2) is 0 Å². The molecule has 0 unspecified atom stereocenters. The number of rotatable bonds is 7. The molecular weight excluding hydrogens is 484 g/mol. The Morgan fingerprint density at radius 2 is 1.56 bits per heavy atom. The summed E-state index contributed by atoms with van der Waals surface area (Å²) in [5.41, 5.74) is -2.75. The molecule has 0 heterocycles. The summed E-state index contributed by atoms with van der Waals surface area (Å²) in [6.07, 6.45) is 8.63. The first kappa shape index (κ1) is 27.9. The molecule has 5 atom stereocenters. The van der Waals surface area contributed by atoms with Crippen molar-refractivity contribution in [1.82, 2.24) is 0 Å². The third kappa shape index (κ3) is 3.48. The molecular formula is C35H44O4. The fourth-order valence-electron chi connectivity index (χ4n) is 9.06. The summed E-state index contributed by atoms with van der Waals surface area (Å²) in [6, 6.07) is 8.82. The Bertz CT molecular complexity index is 1310. The fourth-order valence-corrected chi connectivity index (χ4v) is 9.06. The zero-order valence-electron chi connectivity index (χ0n) is 24.8. The van der Waals surface area contributed by atoms with Crippen molar-refractivity contribution in [2.45, 2.75) is 93.4 Å². The molecule has 0 N–H and O–H groups in total. The predicted molar refractivity (Wildman–Crippen MR) is 153 cm³/mol. The van der Waals surface area contributed by atoms with Crippen LogP contribution in [0.15, 0.2) is 53.6 Å². The van der Waals surface area contributed by atoms with Gasteiger partial charge in [-0.05, 0) is 88.4 Å². The maximum Gasteiger partial charge on any atom is 0.184 e. The molecule has 5 saturated carbocycles. The topological polar surface area (TPSA) is 68.3 Å². The third-order valence-electron chi connectivity index (χ3n) is 11.4. The van der Waals surface area contributed by atoms with E-state index in [2.05, 4.69) is 46.8 Å². The van der Waals surface area contributed by atoms with E-state index in [-0.39, 0.29) is 35.2 Å². The molecule has 39 heavy (non-hydrogen) atoms. The minimum atomic E-state index is -1.84. The third-order valence-corrected chi connectivity index (χ3v) is 11.4. The molecule has 5 aliphatic rings. The summed E-state index contributed by atoms with van der Waals surface area (Å²) in [6.45, 7) is 14.5. The van der Waals surface area contributed by atoms with Crippen LogP contribution in [0.5, 0.6) is 0 Å². The fraction of sp³-hybridized carbons (Fsp3) is 0.600. The number of ketones is 4. The SMILES string of the molecule is CC(C)=CCC/C(C)=C/C[C@@]12C[C@H]3C[C@@H]4C(C)(C)CC[C@]4(C1=O)C(=O)[C@@](C(=O)c1ccccc1)(C2=O)C3(C)C. The maximum absolute atomic E-state index is 15.1. The second-order valence-electron chi connectivity index (χ2n) is 14.5. The van der Waals surface area contributed by atoms with Crippen LogP contribution in [0.4, 0.5) is 0 Å². The highest BCUT2D eigenvalue weighted by atomic mass is 16.2. The number of hydrogen-bond acceptors (Lipinski definition) is 4. The van der Waals surface area contributed by atoms with Gasteiger partial charge in [-0.15, -0.1) is 0 Å². The van der Waals surface area contributed by atoms with E-state index in [0.717, 1.165) is 24.8 Å². The van der Waals surface area contributed by atoms with Gasteiger partial charge in [-0.1, -0.05) is 81.3 Å². The molecule has 5 fully saturated rings. The Morgan fingerprint density at radius 3 is 2.21 bits per heavy atom. The van der Waals surface area contributed by atoms with E-state index < -0.39 is 33.2 Å². The van der Waals surface area contributed by atoms with Crippen LogP contribution in [-0.2, 0) is 14.4 Å². The molecule has 0 saturated heterocycles. The minimum absolute atomic E-state index is 0.0816. The van der Waals surface area contributed by atoms with Crippen LogP contribution in [0.1, 0.15) is 104 Å². The van der Waals surface area contributed by atoms with E-state index in [9.17, 15) is 14.4 Å². The molecule has 4 bridgehead atoms. The van der Waals surface area contributed by atoms with E-state index in [0.29, 0.717) is 24.8 Å². The van der Waals surface area contributed by atoms with Crippen molar-refractivity contribution in [1.29, 1.82) is 0 Å². The van der Waals surface area contributed by atoms with Crippen molar-refractivity contribution in [2.24, 2.45) is 38.9 Å². The molecule has 4 heteroatoms. The molecule has 0 aliphatic heterocycles. The molecule has 0 amide bonds. The zero-order chi connectivity index (χ0) is 28.6. The molecule has 0 radical (unpaired) electrons. The summed E-state index contributed by atoms with van der Waals surface area (Å²) in [7, 11) is 0. The van der Waals surface area contributed by atoms with Gasteiger partial charge in [-0.3, -0.25) is 19.2 Å². The first-order valence-corrected chi connectivity index (χ1v) is 14.7. The second kappa shape index (κ2) is 8.94. The number of carbonyl (C=O) groups excluding carboxylic acids is 4. The van der Waals surface area contributed by atoms with Crippen LogP contribution < -0.4 is 0 Å². The number of carbonyl (C=O) groups is 4. The lowest BCUT2D eigenvalue weighted by molar-refractivity contribution is -0.181. The summed E-state index contributed by atoms with van der Waals surface area (Å²) < 4.78 is 0. The van der Waals surface area contributed by atoms with Crippen molar-refractivity contribution in [3.8, 4) is 0 Å². The molecule has 4 nitrogen and oxygen atoms in total. The van der Waals surface area contributed by atoms with Gasteiger partial charge in [0.15, 0.2) is 28.5 Å². The molecule has 6 rings (SSSR count). The highest BCUT2D eigenvalue weighted by Gasteiger charge is 2.85. The smallest absolute Gasteiger partial charge is 0.184 e. The van der Waals surface area contributed by atoms with Crippen molar-refractivity contribution in [2.75, 3.05) is 0 Å². The van der Waals surface area contributed by atoms with Crippen LogP contribution in [0.3, 0.4) is 0 Å². The first-order chi connectivity index (χ1) is 18.2. The molecule has 5 aliphatic carbocycles. The Balaban J connectivity index is 1.73. The lowest BCUT2D eigenvalue weighted by atomic mass is 9.37. The highest BCUT2D eigenvalue weighted by molar-refractivity contribution is 6.42. The Labute approximate surface area is 233 Å². The average molecular weight is 529 g/mol. The van der Waals surface area contributed by atoms with Crippen LogP contribution >= 0.6 is 0 Å². The number of benzene rings is 1. The van der Waals surface area contributed by atoms with Crippen LogP contribution in [0.2, 0.25) is 0 Å². The van der Waals surface area contributed by atoms with Gasteiger partial charge in [-0.2, -0.15) is 0 Å². The summed E-state index contributed by atoms with van der Waals surface area (Å²) in [4.78, 5) is 59.6. The van der Waals surface area contributed by atoms with Crippen molar-refractivity contribution >= 4 is 23.1 Å². The summed E-state index contributed by atoms with van der Waals surface area (Å²) in [5, 5.41) is 0. The molecule has 0 aromatic heterocycles. The van der Waals surface area contributed by atoms with Gasteiger partial charge in [0.05, 0.1) is 10.8 Å². The van der Waals surface area contributed by atoms with Gasteiger partial charge in [0.25, 0.3) is 0 Å². The predicted octanol–water partition coefficient (Wildman–Crippen LogP) is 7.52. The van der Waals surface area contributed by atoms with Crippen molar-refractivity contribution in [3.05, 3.63) is 59.2 Å². The molecule has 208 valence electrons. The monoisotopic (exact) mass is 528 g/mol. The van der Waals surface area contributed by atoms with Crippen LogP contribution in [-0.4, -0.2) is 23.1 Å². The Kier molecular flexibility index (Phi) is 6.40. The summed E-state index contributed by atoms with van der Waals surface area (Å²) in [5.74, 6) is -1.63. The number of Topliss-reactive ketones (excluding diaryl/α,β-unsaturated/α-hetero) is 4. The van der Waals surface area contributed by atoms with Crippen molar-refractivity contribution in [3.63, 3.8) is 0 Å².